The molecule has 0 N–H and O–H groups in total. The highest BCUT2D eigenvalue weighted by Crippen LogP contribution is 2.28. The summed E-state index contributed by atoms with van der Waals surface area (Å²) in [7, 11) is 0. The lowest BCUT2D eigenvalue weighted by molar-refractivity contribution is -0.0704. The van der Waals surface area contributed by atoms with Gasteiger partial charge >= 0.3 is 6.02 Å². The summed E-state index contributed by atoms with van der Waals surface area (Å²) in [6.45, 7) is 8.12. The first-order valence-electron chi connectivity index (χ1n) is 12.0. The van der Waals surface area contributed by atoms with Crippen molar-refractivity contribution in [3.05, 3.63) is 58.7 Å². The van der Waals surface area contributed by atoms with Gasteiger partial charge in [-0.15, -0.1) is 6.42 Å². The number of terminal acetylenes is 1. The molecular formula is C27H29N5O2S. The third-order valence-corrected chi connectivity index (χ3v) is 7.12. The predicted octanol–water partition coefficient (Wildman–Crippen LogP) is 4.43. The fraction of sp³-hybridized carbons (Fsp3) is 0.407. The van der Waals surface area contributed by atoms with E-state index in [0.29, 0.717) is 25.6 Å². The third-order valence-electron chi connectivity index (χ3n) is 6.08. The lowest BCUT2D eigenvalue weighted by Crippen LogP contribution is -2.44. The molecule has 2 aromatic heterocycles. The summed E-state index contributed by atoms with van der Waals surface area (Å²) >= 11 is 1.51. The summed E-state index contributed by atoms with van der Waals surface area (Å²) in [6, 6.07) is 12.7. The van der Waals surface area contributed by atoms with Gasteiger partial charge in [0.1, 0.15) is 27.9 Å². The zero-order valence-electron chi connectivity index (χ0n) is 20.1. The maximum absolute atomic E-state index is 5.94. The molecule has 1 saturated heterocycles. The molecular weight excluding hydrogens is 458 g/mol. The van der Waals surface area contributed by atoms with Crippen LogP contribution in [-0.2, 0) is 22.6 Å². The molecule has 0 radical (unpaired) electrons. The maximum Gasteiger partial charge on any atom is 0.311 e. The van der Waals surface area contributed by atoms with Crippen molar-refractivity contribution < 1.29 is 9.47 Å². The summed E-state index contributed by atoms with van der Waals surface area (Å²) in [5.74, 6) is 2.56. The molecule has 0 saturated carbocycles. The summed E-state index contributed by atoms with van der Waals surface area (Å²) in [6.07, 6.45) is 8.89. The van der Waals surface area contributed by atoms with Gasteiger partial charge in [-0.05, 0) is 37.1 Å². The van der Waals surface area contributed by atoms with Crippen molar-refractivity contribution in [3.63, 3.8) is 0 Å². The molecule has 4 heterocycles. The van der Waals surface area contributed by atoms with E-state index < -0.39 is 0 Å². The molecule has 0 bridgehead atoms. The summed E-state index contributed by atoms with van der Waals surface area (Å²) in [4.78, 5) is 21.5. The van der Waals surface area contributed by atoms with E-state index >= 15 is 0 Å². The van der Waals surface area contributed by atoms with Crippen molar-refractivity contribution in [1.82, 2.24) is 14.9 Å². The Hall–Kier alpha value is -3.12. The van der Waals surface area contributed by atoms with Crippen LogP contribution in [0.1, 0.15) is 42.3 Å². The molecule has 5 rings (SSSR count). The number of aliphatic imine (C=N–C) groups is 2. The van der Waals surface area contributed by atoms with Crippen LogP contribution in [0.3, 0.4) is 0 Å². The Balaban J connectivity index is 1.20. The van der Waals surface area contributed by atoms with Gasteiger partial charge in [-0.3, -0.25) is 4.90 Å². The number of benzene rings is 1. The first-order chi connectivity index (χ1) is 17.1. The second-order valence-electron chi connectivity index (χ2n) is 9.05. The highest BCUT2D eigenvalue weighted by molar-refractivity contribution is 7.18. The van der Waals surface area contributed by atoms with E-state index in [1.54, 1.807) is 6.20 Å². The van der Waals surface area contributed by atoms with E-state index in [1.165, 1.54) is 16.9 Å². The molecule has 0 amide bonds. The fourth-order valence-corrected chi connectivity index (χ4v) is 5.54. The molecule has 0 aliphatic carbocycles. The lowest BCUT2D eigenvalue weighted by atomic mass is 10.0. The van der Waals surface area contributed by atoms with E-state index in [-0.39, 0.29) is 18.1 Å². The number of nitrogens with zero attached hydrogens (tertiary/aromatic N) is 5. The minimum absolute atomic E-state index is 0.272. The predicted molar refractivity (Wildman–Crippen MR) is 140 cm³/mol. The van der Waals surface area contributed by atoms with Gasteiger partial charge in [-0.1, -0.05) is 41.5 Å². The van der Waals surface area contributed by atoms with Crippen molar-refractivity contribution in [2.75, 3.05) is 19.6 Å². The first-order valence-corrected chi connectivity index (χ1v) is 12.8. The zero-order chi connectivity index (χ0) is 24.2. The van der Waals surface area contributed by atoms with E-state index in [4.69, 9.17) is 15.9 Å². The number of hydrogen-bond acceptors (Lipinski definition) is 8. The molecule has 2 aliphatic rings. The Kier molecular flexibility index (Phi) is 7.19. The third kappa shape index (κ3) is 5.76. The fourth-order valence-electron chi connectivity index (χ4n) is 4.55. The van der Waals surface area contributed by atoms with Gasteiger partial charge in [0.05, 0.1) is 12.2 Å². The number of rotatable bonds is 6. The van der Waals surface area contributed by atoms with Crippen molar-refractivity contribution in [3.8, 4) is 12.3 Å². The maximum atomic E-state index is 5.94. The number of aromatic nitrogens is 2. The van der Waals surface area contributed by atoms with Crippen molar-refractivity contribution in [2.45, 2.75) is 51.5 Å². The highest BCUT2D eigenvalue weighted by atomic mass is 32.1. The number of hydrogen-bond donors (Lipinski definition) is 0. The Morgan fingerprint density at radius 1 is 1.17 bits per heavy atom. The molecule has 35 heavy (non-hydrogen) atoms. The van der Waals surface area contributed by atoms with Gasteiger partial charge < -0.3 is 9.47 Å². The van der Waals surface area contributed by atoms with Gasteiger partial charge in [-0.25, -0.2) is 20.0 Å². The molecule has 8 heteroatoms. The number of amidine groups is 1. The molecule has 2 aliphatic heterocycles. The second kappa shape index (κ2) is 10.6. The van der Waals surface area contributed by atoms with Crippen LogP contribution in [-0.4, -0.2) is 58.4 Å². The van der Waals surface area contributed by atoms with Gasteiger partial charge in [0.15, 0.2) is 0 Å². The monoisotopic (exact) mass is 487 g/mol. The van der Waals surface area contributed by atoms with Crippen LogP contribution >= 0.6 is 11.3 Å². The van der Waals surface area contributed by atoms with Crippen LogP contribution < -0.4 is 0 Å². The van der Waals surface area contributed by atoms with Crippen LogP contribution in [0.5, 0.6) is 0 Å². The lowest BCUT2D eigenvalue weighted by Gasteiger charge is -2.35. The second-order valence-corrected chi connectivity index (χ2v) is 10.1. The average Bonchev–Trinajstić information content (AvgIpc) is 3.27. The summed E-state index contributed by atoms with van der Waals surface area (Å²) < 4.78 is 11.8. The SMILES string of the molecule is C#CC(C1=NC(OCc2ccc(CN3CC(C)OC(C)C3)cc2)=NCC1)c1nc2cccnc2s1. The number of morpholine rings is 1. The summed E-state index contributed by atoms with van der Waals surface area (Å²) in [5, 5.41) is 0.834. The summed E-state index contributed by atoms with van der Waals surface area (Å²) in [5.41, 5.74) is 4.08. The minimum atomic E-state index is -0.298. The van der Waals surface area contributed by atoms with Gasteiger partial charge in [0.25, 0.3) is 0 Å². The smallest absolute Gasteiger partial charge is 0.311 e. The van der Waals surface area contributed by atoms with Crippen LogP contribution in [0.15, 0.2) is 52.6 Å². The van der Waals surface area contributed by atoms with E-state index in [1.807, 2.05) is 12.1 Å². The normalized spacial score (nSPS) is 21.7. The minimum Gasteiger partial charge on any atom is -0.459 e. The zero-order valence-corrected chi connectivity index (χ0v) is 20.9. The van der Waals surface area contributed by atoms with Crippen LogP contribution in [0.25, 0.3) is 10.3 Å². The molecule has 7 nitrogen and oxygen atoms in total. The Bertz CT molecular complexity index is 1230. The van der Waals surface area contributed by atoms with Crippen LogP contribution in [0, 0.1) is 12.3 Å². The molecule has 3 aromatic rings. The molecule has 0 spiro atoms. The molecule has 3 unspecified atom stereocenters. The van der Waals surface area contributed by atoms with Gasteiger partial charge in [0.2, 0.25) is 0 Å². The number of fused-ring (bicyclic) bond motifs is 1. The van der Waals surface area contributed by atoms with Gasteiger partial charge in [0, 0.05) is 44.5 Å². The Morgan fingerprint density at radius 2 is 1.94 bits per heavy atom. The largest absolute Gasteiger partial charge is 0.459 e. The van der Waals surface area contributed by atoms with Crippen LogP contribution in [0.4, 0.5) is 0 Å². The topological polar surface area (TPSA) is 72.2 Å². The van der Waals surface area contributed by atoms with E-state index in [0.717, 1.165) is 46.3 Å². The molecule has 1 aromatic carbocycles. The molecule has 180 valence electrons. The van der Waals surface area contributed by atoms with E-state index in [2.05, 4.69) is 68.9 Å². The first kappa shape index (κ1) is 23.6. The standard InChI is InChI=1S/C27H29N5O2S/c1-4-22(25-30-24-6-5-12-28-26(24)35-25)23-11-13-29-27(31-23)33-17-21-9-7-20(8-10-21)16-32-14-18(2)34-19(3)15-32/h1,5-10,12,18-19,22H,11,13-17H2,2-3H3. The average molecular weight is 488 g/mol. The van der Waals surface area contributed by atoms with Crippen molar-refractivity contribution in [2.24, 2.45) is 9.98 Å². The quantitative estimate of drug-likeness (QED) is 0.481. The number of thiazole rings is 1. The van der Waals surface area contributed by atoms with Crippen LogP contribution in [0.2, 0.25) is 0 Å². The number of pyridine rings is 1. The van der Waals surface area contributed by atoms with Crippen molar-refractivity contribution in [1.29, 1.82) is 0 Å². The number of ether oxygens (including phenoxy) is 2. The Morgan fingerprint density at radius 3 is 2.69 bits per heavy atom. The van der Waals surface area contributed by atoms with Crippen molar-refractivity contribution >= 4 is 33.4 Å². The molecule has 3 atom stereocenters. The highest BCUT2D eigenvalue weighted by Gasteiger charge is 2.24. The van der Waals surface area contributed by atoms with E-state index in [9.17, 15) is 0 Å². The molecule has 1 fully saturated rings. The van der Waals surface area contributed by atoms with Gasteiger partial charge in [-0.2, -0.15) is 0 Å². The Labute approximate surface area is 209 Å².